The van der Waals surface area contributed by atoms with Crippen molar-refractivity contribution in [3.63, 3.8) is 0 Å². The molecule has 12 rings (SSSR count). The lowest BCUT2D eigenvalue weighted by Crippen LogP contribution is -1.85. The van der Waals surface area contributed by atoms with E-state index in [1.807, 2.05) is 22.7 Å². The average molecular weight is 771 g/mol. The van der Waals surface area contributed by atoms with E-state index in [-0.39, 0.29) is 0 Å². The lowest BCUT2D eigenvalue weighted by molar-refractivity contribution is 1.66. The van der Waals surface area contributed by atoms with Crippen LogP contribution in [0.1, 0.15) is 0 Å². The van der Waals surface area contributed by atoms with Crippen LogP contribution in [0.3, 0.4) is 0 Å². The Morgan fingerprint density at radius 3 is 1.45 bits per heavy atom. The van der Waals surface area contributed by atoms with Gasteiger partial charge in [-0.25, -0.2) is 0 Å². The maximum absolute atomic E-state index is 2.40. The second-order valence-electron chi connectivity index (χ2n) is 15.2. The molecule has 270 valence electrons. The second kappa shape index (κ2) is 13.4. The number of rotatable bonds is 3. The van der Waals surface area contributed by atoms with E-state index in [9.17, 15) is 0 Å². The molecule has 0 aliphatic rings. The van der Waals surface area contributed by atoms with Gasteiger partial charge in [0.2, 0.25) is 0 Å². The smallest absolute Gasteiger partial charge is 0.0434 e. The molecule has 0 fully saturated rings. The maximum Gasteiger partial charge on any atom is 0.0434 e. The van der Waals surface area contributed by atoms with Crippen LogP contribution in [0.4, 0.5) is 0 Å². The van der Waals surface area contributed by atoms with Crippen molar-refractivity contribution in [3.8, 4) is 33.4 Å². The minimum atomic E-state index is 1.20. The van der Waals surface area contributed by atoms with Gasteiger partial charge in [-0.1, -0.05) is 176 Å². The molecule has 12 aromatic rings. The quantitative estimate of drug-likeness (QED) is 0.168. The van der Waals surface area contributed by atoms with Crippen molar-refractivity contribution in [2.75, 3.05) is 0 Å². The van der Waals surface area contributed by atoms with Gasteiger partial charge < -0.3 is 0 Å². The van der Waals surface area contributed by atoms with E-state index >= 15 is 0 Å². The van der Waals surface area contributed by atoms with Crippen LogP contribution in [-0.2, 0) is 0 Å². The molecule has 0 spiro atoms. The van der Waals surface area contributed by atoms with E-state index in [4.69, 9.17) is 0 Å². The number of benzene rings is 9. The van der Waals surface area contributed by atoms with E-state index in [1.165, 1.54) is 117 Å². The van der Waals surface area contributed by atoms with Crippen molar-refractivity contribution < 1.29 is 0 Å². The Bertz CT molecular complexity index is 3690. The highest BCUT2D eigenvalue weighted by molar-refractivity contribution is 7.28. The molecule has 0 bridgehead atoms. The van der Waals surface area contributed by atoms with E-state index < -0.39 is 0 Å². The number of fused-ring (bicyclic) bond motifs is 12. The Morgan fingerprint density at radius 2 is 0.690 bits per heavy atom. The topological polar surface area (TPSA) is 0 Å². The molecule has 0 radical (unpaired) electrons. The molecule has 0 nitrogen and oxygen atoms in total. The zero-order chi connectivity index (χ0) is 38.2. The fraction of sp³-hybridized carbons (Fsp3) is 0. The van der Waals surface area contributed by atoms with Gasteiger partial charge in [-0.15, -0.1) is 22.7 Å². The third-order valence-corrected chi connectivity index (χ3v) is 14.3. The zero-order valence-corrected chi connectivity index (χ0v) is 33.1. The monoisotopic (exact) mass is 770 g/mol. The molecule has 0 amide bonds. The van der Waals surface area contributed by atoms with E-state index in [1.54, 1.807) is 0 Å². The fourth-order valence-corrected chi connectivity index (χ4v) is 11.5. The predicted octanol–water partition coefficient (Wildman–Crippen LogP) is 17.2. The normalized spacial score (nSPS) is 11.8. The molecule has 58 heavy (non-hydrogen) atoms. The molecule has 0 aliphatic heterocycles. The summed E-state index contributed by atoms with van der Waals surface area (Å²) in [5.74, 6) is 0. The molecule has 0 aliphatic carbocycles. The maximum atomic E-state index is 2.40. The van der Waals surface area contributed by atoms with Crippen molar-refractivity contribution in [1.82, 2.24) is 0 Å². The Labute approximate surface area is 343 Å². The molecule has 0 atom stereocenters. The lowest BCUT2D eigenvalue weighted by atomic mass is 9.92. The summed E-state index contributed by atoms with van der Waals surface area (Å²) >= 11 is 3.82. The van der Waals surface area contributed by atoms with Gasteiger partial charge in [0.1, 0.15) is 0 Å². The third-order valence-electron chi connectivity index (χ3n) is 11.9. The molecule has 0 N–H and O–H groups in total. The first-order valence-electron chi connectivity index (χ1n) is 19.8. The van der Waals surface area contributed by atoms with Crippen LogP contribution in [0.25, 0.3) is 117 Å². The van der Waals surface area contributed by atoms with Gasteiger partial charge in [0.25, 0.3) is 0 Å². The van der Waals surface area contributed by atoms with Gasteiger partial charge in [0, 0.05) is 51.1 Å². The Hall–Kier alpha value is -6.84. The fourth-order valence-electron chi connectivity index (χ4n) is 9.11. The Morgan fingerprint density at radius 1 is 0.224 bits per heavy atom. The highest BCUT2D eigenvalue weighted by Gasteiger charge is 2.15. The third kappa shape index (κ3) is 5.34. The molecular weight excluding hydrogens is 737 g/mol. The first kappa shape index (κ1) is 33.3. The highest BCUT2D eigenvalue weighted by Crippen LogP contribution is 2.45. The van der Waals surface area contributed by atoms with Crippen molar-refractivity contribution in [2.24, 2.45) is 0 Å². The van der Waals surface area contributed by atoms with Gasteiger partial charge in [-0.05, 0) is 96.0 Å². The molecule has 2 heteroatoms. The van der Waals surface area contributed by atoms with Crippen molar-refractivity contribution in [2.45, 2.75) is 0 Å². The summed E-state index contributed by atoms with van der Waals surface area (Å²) in [6.45, 7) is 0. The molecule has 2 heterocycles. The largest absolute Gasteiger partial charge is 0.135 e. The van der Waals surface area contributed by atoms with Gasteiger partial charge >= 0.3 is 0 Å². The Kier molecular flexibility index (Phi) is 7.69. The van der Waals surface area contributed by atoms with E-state index in [0.717, 1.165) is 0 Å². The molecule has 0 unspecified atom stereocenters. The molecule has 0 saturated heterocycles. The summed E-state index contributed by atoms with van der Waals surface area (Å²) in [4.78, 5) is 0. The summed E-state index contributed by atoms with van der Waals surface area (Å²) in [6.07, 6.45) is 0. The van der Waals surface area contributed by atoms with Crippen molar-refractivity contribution in [3.05, 3.63) is 206 Å². The minimum Gasteiger partial charge on any atom is -0.135 e. The van der Waals surface area contributed by atoms with Crippen LogP contribution in [-0.4, -0.2) is 0 Å². The van der Waals surface area contributed by atoms with E-state index in [0.29, 0.717) is 0 Å². The van der Waals surface area contributed by atoms with Gasteiger partial charge in [0.05, 0.1) is 0 Å². The summed E-state index contributed by atoms with van der Waals surface area (Å²) in [6, 6.07) is 76.3. The SMILES string of the molecule is c1cccc(-c2cccc3ccccc23)c2ccccc2c(-c2ccc3cc(-c4ccc5sc6c(ccc7c6ccc6c8ccccc8sc67)c5c4)ccc3c2)cc1. The van der Waals surface area contributed by atoms with Crippen LogP contribution in [0.5, 0.6) is 0 Å². The summed E-state index contributed by atoms with van der Waals surface area (Å²) < 4.78 is 5.44. The summed E-state index contributed by atoms with van der Waals surface area (Å²) in [5.41, 5.74) is 7.33. The standard InChI is InChI=1S/C56H34S2/c1-2-4-16-45(44-20-11-13-35-12-5-6-15-41(35)44)46-18-8-7-17-43(46)42(14-3-1)40-25-24-36-32-37(22-23-38(36)33-40)39-26-31-54-52(34-39)51-30-29-49-50(56(51)58-54)28-27-48-47-19-9-10-21-53(47)57-55(48)49/h1-34H. The molecule has 0 saturated carbocycles. The summed E-state index contributed by atoms with van der Waals surface area (Å²) in [7, 11) is 0. The molecular formula is C56H34S2. The van der Waals surface area contributed by atoms with Crippen LogP contribution >= 0.6 is 22.7 Å². The van der Waals surface area contributed by atoms with Gasteiger partial charge in [-0.3, -0.25) is 0 Å². The van der Waals surface area contributed by atoms with E-state index in [2.05, 4.69) is 206 Å². The van der Waals surface area contributed by atoms with Crippen molar-refractivity contribution >= 4 is 106 Å². The van der Waals surface area contributed by atoms with Gasteiger partial charge in [-0.2, -0.15) is 0 Å². The summed E-state index contributed by atoms with van der Waals surface area (Å²) in [5, 5.41) is 15.5. The van der Waals surface area contributed by atoms with Crippen molar-refractivity contribution in [1.29, 1.82) is 0 Å². The van der Waals surface area contributed by atoms with Crippen LogP contribution < -0.4 is 0 Å². The Balaban J connectivity index is 0.962. The average Bonchev–Trinajstić information content (AvgIpc) is 3.86. The highest BCUT2D eigenvalue weighted by atomic mass is 32.1. The molecule has 2 aromatic heterocycles. The second-order valence-corrected chi connectivity index (χ2v) is 17.3. The number of thiophene rings is 2. The first-order chi connectivity index (χ1) is 28.7. The first-order valence-corrected chi connectivity index (χ1v) is 21.5. The van der Waals surface area contributed by atoms with Gasteiger partial charge in [0.15, 0.2) is 0 Å². The molecule has 10 aromatic carbocycles. The lowest BCUT2D eigenvalue weighted by Gasteiger charge is -2.12. The number of hydrogen-bond donors (Lipinski definition) is 0. The minimum absolute atomic E-state index is 1.20. The zero-order valence-electron chi connectivity index (χ0n) is 31.4. The predicted molar refractivity (Wildman–Crippen MR) is 256 cm³/mol. The van der Waals surface area contributed by atoms with Crippen LogP contribution in [0.2, 0.25) is 0 Å². The van der Waals surface area contributed by atoms with Crippen LogP contribution in [0.15, 0.2) is 206 Å². The number of hydrogen-bond acceptors (Lipinski definition) is 2. The van der Waals surface area contributed by atoms with Crippen LogP contribution in [0, 0.1) is 0 Å².